The van der Waals surface area contributed by atoms with Crippen molar-refractivity contribution in [2.75, 3.05) is 31.1 Å². The van der Waals surface area contributed by atoms with Crippen LogP contribution in [0.3, 0.4) is 0 Å². The van der Waals surface area contributed by atoms with Crippen LogP contribution in [0.15, 0.2) is 36.4 Å². The molecule has 0 atom stereocenters. The molecule has 0 aliphatic carbocycles. The molecule has 0 fully saturated rings. The van der Waals surface area contributed by atoms with Gasteiger partial charge in [-0.05, 0) is 66.9 Å². The Labute approximate surface area is 142 Å². The van der Waals surface area contributed by atoms with E-state index in [1.54, 1.807) is 0 Å². The molecule has 0 saturated heterocycles. The zero-order chi connectivity index (χ0) is 15.6. The second-order valence-electron chi connectivity index (χ2n) is 6.24. The second kappa shape index (κ2) is 6.42. The van der Waals surface area contributed by atoms with Crippen LogP contribution in [0.5, 0.6) is 5.75 Å². The van der Waals surface area contributed by atoms with E-state index in [0.29, 0.717) is 0 Å². The topological polar surface area (TPSA) is 24.5 Å². The molecule has 1 N–H and O–H groups in total. The zero-order valence-electron chi connectivity index (χ0n) is 13.1. The molecule has 3 nitrogen and oxygen atoms in total. The highest BCUT2D eigenvalue weighted by molar-refractivity contribution is 6.30. The van der Waals surface area contributed by atoms with Crippen molar-refractivity contribution in [3.8, 4) is 5.75 Å². The smallest absolute Gasteiger partial charge is 0.142 e. The molecule has 0 amide bonds. The van der Waals surface area contributed by atoms with Crippen molar-refractivity contribution < 1.29 is 4.74 Å². The molecule has 0 saturated carbocycles. The maximum atomic E-state index is 6.13. The van der Waals surface area contributed by atoms with Gasteiger partial charge in [0.15, 0.2) is 0 Å². The van der Waals surface area contributed by atoms with Gasteiger partial charge in [0.25, 0.3) is 0 Å². The lowest BCUT2D eigenvalue weighted by Crippen LogP contribution is -2.32. The van der Waals surface area contributed by atoms with Crippen LogP contribution in [0, 0.1) is 0 Å². The number of fused-ring (bicyclic) bond motifs is 2. The van der Waals surface area contributed by atoms with E-state index in [1.165, 1.54) is 22.4 Å². The average Bonchev–Trinajstić information content (AvgIpc) is 2.78. The van der Waals surface area contributed by atoms with Crippen molar-refractivity contribution in [3.63, 3.8) is 0 Å². The number of benzene rings is 2. The van der Waals surface area contributed by atoms with E-state index >= 15 is 0 Å². The van der Waals surface area contributed by atoms with E-state index in [1.807, 2.05) is 18.2 Å². The van der Waals surface area contributed by atoms with Gasteiger partial charge in [-0.25, -0.2) is 0 Å². The summed E-state index contributed by atoms with van der Waals surface area (Å²) in [4.78, 5) is 2.41. The van der Waals surface area contributed by atoms with E-state index in [4.69, 9.17) is 16.3 Å². The summed E-state index contributed by atoms with van der Waals surface area (Å²) in [6.07, 6.45) is 2.17. The lowest BCUT2D eigenvalue weighted by Gasteiger charge is -2.32. The summed E-state index contributed by atoms with van der Waals surface area (Å²) in [6, 6.07) is 12.7. The first-order valence-electron chi connectivity index (χ1n) is 8.28. The van der Waals surface area contributed by atoms with Crippen LogP contribution < -0.4 is 15.0 Å². The summed E-state index contributed by atoms with van der Waals surface area (Å²) >= 11 is 6.13. The van der Waals surface area contributed by atoms with Crippen LogP contribution in [0.2, 0.25) is 5.02 Å². The van der Waals surface area contributed by atoms with Gasteiger partial charge in [-0.1, -0.05) is 23.7 Å². The van der Waals surface area contributed by atoms with Gasteiger partial charge >= 0.3 is 0 Å². The van der Waals surface area contributed by atoms with E-state index in [2.05, 4.69) is 28.4 Å². The monoisotopic (exact) mass is 328 g/mol. The molecule has 4 heteroatoms. The maximum Gasteiger partial charge on any atom is 0.142 e. The Balaban J connectivity index is 1.66. The number of ether oxygens (including phenoxy) is 1. The Morgan fingerprint density at radius 2 is 1.91 bits per heavy atom. The second-order valence-corrected chi connectivity index (χ2v) is 6.68. The van der Waals surface area contributed by atoms with E-state index < -0.39 is 0 Å². The molecule has 23 heavy (non-hydrogen) atoms. The van der Waals surface area contributed by atoms with Crippen LogP contribution in [0.25, 0.3) is 0 Å². The number of nitrogens with one attached hydrogen (secondary N) is 1. The van der Waals surface area contributed by atoms with Crippen molar-refractivity contribution in [3.05, 3.63) is 58.1 Å². The molecular weight excluding hydrogens is 308 g/mol. The number of rotatable bonds is 2. The van der Waals surface area contributed by atoms with Gasteiger partial charge in [0.2, 0.25) is 0 Å². The van der Waals surface area contributed by atoms with Crippen LogP contribution in [0.1, 0.15) is 16.7 Å². The molecule has 0 radical (unpaired) electrons. The highest BCUT2D eigenvalue weighted by Crippen LogP contribution is 2.36. The fourth-order valence-corrected chi connectivity index (χ4v) is 3.67. The molecule has 2 aliphatic heterocycles. The summed E-state index contributed by atoms with van der Waals surface area (Å²) in [5.41, 5.74) is 5.34. The molecule has 120 valence electrons. The minimum absolute atomic E-state index is 0.741. The predicted octanol–water partition coefficient (Wildman–Crippen LogP) is 3.43. The maximum absolute atomic E-state index is 6.13. The average molecular weight is 329 g/mol. The Morgan fingerprint density at radius 3 is 2.74 bits per heavy atom. The SMILES string of the molecule is Clc1cccc(CN2CCOc3cc4c(cc32)CCNCC4)c1. The van der Waals surface area contributed by atoms with Gasteiger partial charge in [0, 0.05) is 11.6 Å². The molecule has 0 bridgehead atoms. The fourth-order valence-electron chi connectivity index (χ4n) is 3.46. The quantitative estimate of drug-likeness (QED) is 0.914. The van der Waals surface area contributed by atoms with Crippen LogP contribution >= 0.6 is 11.6 Å². The first-order chi connectivity index (χ1) is 11.3. The Hall–Kier alpha value is -1.71. The molecule has 2 aromatic carbocycles. The van der Waals surface area contributed by atoms with Gasteiger partial charge in [-0.15, -0.1) is 0 Å². The number of halogens is 1. The van der Waals surface area contributed by atoms with Gasteiger partial charge in [-0.3, -0.25) is 0 Å². The normalized spacial score (nSPS) is 17.0. The molecule has 0 spiro atoms. The lowest BCUT2D eigenvalue weighted by atomic mass is 10.00. The third-order valence-corrected chi connectivity index (χ3v) is 4.88. The third kappa shape index (κ3) is 3.17. The molecule has 4 rings (SSSR count). The van der Waals surface area contributed by atoms with E-state index in [9.17, 15) is 0 Å². The van der Waals surface area contributed by atoms with Crippen molar-refractivity contribution in [1.82, 2.24) is 5.32 Å². The highest BCUT2D eigenvalue weighted by atomic mass is 35.5. The first kappa shape index (κ1) is 14.9. The first-order valence-corrected chi connectivity index (χ1v) is 8.66. The fraction of sp³-hybridized carbons (Fsp3) is 0.368. The van der Waals surface area contributed by atoms with Gasteiger partial charge in [0.1, 0.15) is 12.4 Å². The third-order valence-electron chi connectivity index (χ3n) is 4.65. The summed E-state index contributed by atoms with van der Waals surface area (Å²) < 4.78 is 5.93. The Morgan fingerprint density at radius 1 is 1.09 bits per heavy atom. The van der Waals surface area contributed by atoms with E-state index in [-0.39, 0.29) is 0 Å². The largest absolute Gasteiger partial charge is 0.490 e. The summed E-state index contributed by atoms with van der Waals surface area (Å²) in [5, 5.41) is 4.27. The van der Waals surface area contributed by atoms with Crippen molar-refractivity contribution in [1.29, 1.82) is 0 Å². The lowest BCUT2D eigenvalue weighted by molar-refractivity contribution is 0.306. The summed E-state index contributed by atoms with van der Waals surface area (Å²) in [7, 11) is 0. The molecular formula is C19H21ClN2O. The predicted molar refractivity (Wildman–Crippen MR) is 94.7 cm³/mol. The highest BCUT2D eigenvalue weighted by Gasteiger charge is 2.21. The van der Waals surface area contributed by atoms with Crippen molar-refractivity contribution >= 4 is 17.3 Å². The standard InChI is InChI=1S/C19H21ClN2O/c20-17-3-1-2-14(10-17)13-22-8-9-23-19-12-16-5-7-21-6-4-15(16)11-18(19)22/h1-3,10-12,21H,4-9,13H2. The van der Waals surface area contributed by atoms with Crippen molar-refractivity contribution in [2.45, 2.75) is 19.4 Å². The van der Waals surface area contributed by atoms with Crippen LogP contribution in [-0.2, 0) is 19.4 Å². The minimum Gasteiger partial charge on any atom is -0.490 e. The molecule has 2 aromatic rings. The van der Waals surface area contributed by atoms with Gasteiger partial charge < -0.3 is 15.0 Å². The van der Waals surface area contributed by atoms with E-state index in [0.717, 1.165) is 56.4 Å². The van der Waals surface area contributed by atoms with Crippen LogP contribution in [0.4, 0.5) is 5.69 Å². The molecule has 0 unspecified atom stereocenters. The number of hydrogen-bond donors (Lipinski definition) is 1. The van der Waals surface area contributed by atoms with Gasteiger partial charge in [-0.2, -0.15) is 0 Å². The number of hydrogen-bond acceptors (Lipinski definition) is 3. The molecule has 2 heterocycles. The zero-order valence-corrected chi connectivity index (χ0v) is 13.9. The summed E-state index contributed by atoms with van der Waals surface area (Å²) in [6.45, 7) is 4.63. The Bertz CT molecular complexity index is 717. The van der Waals surface area contributed by atoms with Gasteiger partial charge in [0.05, 0.1) is 12.2 Å². The molecule has 0 aromatic heterocycles. The summed E-state index contributed by atoms with van der Waals surface area (Å²) in [5.74, 6) is 1.03. The Kier molecular flexibility index (Phi) is 4.15. The minimum atomic E-state index is 0.741. The number of anilines is 1. The van der Waals surface area contributed by atoms with Crippen molar-refractivity contribution in [2.24, 2.45) is 0 Å². The molecule has 2 aliphatic rings. The van der Waals surface area contributed by atoms with Crippen LogP contribution in [-0.4, -0.2) is 26.2 Å². The number of nitrogens with zero attached hydrogens (tertiary/aromatic N) is 1.